The summed E-state index contributed by atoms with van der Waals surface area (Å²) < 4.78 is 0. The SMILES string of the molecule is CC(C)C(=O)N1CCN(c2ccc(N3CCCC3)cc2Cl)CC1. The normalized spacial score (nSPS) is 18.9. The summed E-state index contributed by atoms with van der Waals surface area (Å²) in [6.45, 7) is 9.44. The number of rotatable bonds is 3. The van der Waals surface area contributed by atoms with Gasteiger partial charge in [-0.1, -0.05) is 25.4 Å². The molecule has 0 spiro atoms. The van der Waals surface area contributed by atoms with Gasteiger partial charge in [-0.25, -0.2) is 0 Å². The summed E-state index contributed by atoms with van der Waals surface area (Å²) in [6, 6.07) is 6.40. The van der Waals surface area contributed by atoms with Crippen LogP contribution in [0.4, 0.5) is 11.4 Å². The third-order valence-corrected chi connectivity index (χ3v) is 5.13. The van der Waals surface area contributed by atoms with Crippen LogP contribution in [0.5, 0.6) is 0 Å². The molecule has 1 amide bonds. The number of anilines is 2. The Kier molecular flexibility index (Phi) is 5.00. The number of benzene rings is 1. The average molecular weight is 336 g/mol. The molecule has 2 aliphatic rings. The Morgan fingerprint density at radius 2 is 1.65 bits per heavy atom. The number of halogens is 1. The zero-order chi connectivity index (χ0) is 16.4. The molecule has 2 aliphatic heterocycles. The molecule has 1 aromatic rings. The Labute approximate surface area is 144 Å². The second-order valence-corrected chi connectivity index (χ2v) is 7.20. The van der Waals surface area contributed by atoms with Crippen molar-refractivity contribution in [1.82, 2.24) is 4.90 Å². The van der Waals surface area contributed by atoms with E-state index in [-0.39, 0.29) is 11.8 Å². The van der Waals surface area contributed by atoms with E-state index in [1.807, 2.05) is 18.7 Å². The van der Waals surface area contributed by atoms with Crippen molar-refractivity contribution >= 4 is 28.9 Å². The largest absolute Gasteiger partial charge is 0.371 e. The van der Waals surface area contributed by atoms with Crippen LogP contribution in [0.25, 0.3) is 0 Å². The third kappa shape index (κ3) is 3.57. The smallest absolute Gasteiger partial charge is 0.225 e. The Balaban J connectivity index is 1.65. The van der Waals surface area contributed by atoms with E-state index in [9.17, 15) is 4.79 Å². The van der Waals surface area contributed by atoms with Crippen LogP contribution in [0.2, 0.25) is 5.02 Å². The Morgan fingerprint density at radius 1 is 1.00 bits per heavy atom. The van der Waals surface area contributed by atoms with E-state index in [4.69, 9.17) is 11.6 Å². The second-order valence-electron chi connectivity index (χ2n) is 6.80. The minimum atomic E-state index is 0.0740. The summed E-state index contributed by atoms with van der Waals surface area (Å²) in [7, 11) is 0. The van der Waals surface area contributed by atoms with Gasteiger partial charge in [0.25, 0.3) is 0 Å². The first-order chi connectivity index (χ1) is 11.1. The van der Waals surface area contributed by atoms with E-state index in [0.717, 1.165) is 50.0 Å². The van der Waals surface area contributed by atoms with Crippen LogP contribution in [0.15, 0.2) is 18.2 Å². The quantitative estimate of drug-likeness (QED) is 0.848. The van der Waals surface area contributed by atoms with E-state index in [2.05, 4.69) is 28.0 Å². The van der Waals surface area contributed by atoms with Gasteiger partial charge < -0.3 is 14.7 Å². The molecule has 126 valence electrons. The molecule has 0 bridgehead atoms. The molecule has 0 aromatic heterocycles. The van der Waals surface area contributed by atoms with Gasteiger partial charge in [0.15, 0.2) is 0 Å². The lowest BCUT2D eigenvalue weighted by Crippen LogP contribution is -2.50. The van der Waals surface area contributed by atoms with Crippen LogP contribution < -0.4 is 9.80 Å². The van der Waals surface area contributed by atoms with Gasteiger partial charge in [-0.05, 0) is 31.0 Å². The molecule has 0 unspecified atom stereocenters. The van der Waals surface area contributed by atoms with Gasteiger partial charge in [0.05, 0.1) is 10.7 Å². The van der Waals surface area contributed by atoms with E-state index in [0.29, 0.717) is 0 Å². The minimum absolute atomic E-state index is 0.0740. The highest BCUT2D eigenvalue weighted by Gasteiger charge is 2.24. The van der Waals surface area contributed by atoms with Crippen molar-refractivity contribution in [3.8, 4) is 0 Å². The van der Waals surface area contributed by atoms with Crippen LogP contribution in [0.1, 0.15) is 26.7 Å². The third-order valence-electron chi connectivity index (χ3n) is 4.83. The van der Waals surface area contributed by atoms with Gasteiger partial charge in [-0.15, -0.1) is 0 Å². The second kappa shape index (κ2) is 7.00. The van der Waals surface area contributed by atoms with Gasteiger partial charge in [-0.2, -0.15) is 0 Å². The molecule has 1 aromatic carbocycles. The van der Waals surface area contributed by atoms with E-state index in [1.54, 1.807) is 0 Å². The maximum Gasteiger partial charge on any atom is 0.225 e. The lowest BCUT2D eigenvalue weighted by molar-refractivity contribution is -0.134. The van der Waals surface area contributed by atoms with Crippen molar-refractivity contribution in [2.24, 2.45) is 5.92 Å². The number of hydrogen-bond donors (Lipinski definition) is 0. The highest BCUT2D eigenvalue weighted by molar-refractivity contribution is 6.33. The molecule has 2 saturated heterocycles. The molecule has 0 radical (unpaired) electrons. The highest BCUT2D eigenvalue weighted by Crippen LogP contribution is 2.32. The predicted molar refractivity (Wildman–Crippen MR) is 96.5 cm³/mol. The predicted octanol–water partition coefficient (Wildman–Crippen LogP) is 3.24. The molecule has 4 nitrogen and oxygen atoms in total. The van der Waals surface area contributed by atoms with Crippen molar-refractivity contribution < 1.29 is 4.79 Å². The lowest BCUT2D eigenvalue weighted by atomic mass is 10.1. The molecule has 3 rings (SSSR count). The first-order valence-electron chi connectivity index (χ1n) is 8.64. The fourth-order valence-corrected chi connectivity index (χ4v) is 3.75. The van der Waals surface area contributed by atoms with Crippen LogP contribution in [0.3, 0.4) is 0 Å². The molecule has 5 heteroatoms. The minimum Gasteiger partial charge on any atom is -0.371 e. The molecule has 2 heterocycles. The summed E-state index contributed by atoms with van der Waals surface area (Å²) in [6.07, 6.45) is 2.54. The number of carbonyl (C=O) groups excluding carboxylic acids is 1. The van der Waals surface area contributed by atoms with Gasteiger partial charge >= 0.3 is 0 Å². The summed E-state index contributed by atoms with van der Waals surface area (Å²) in [4.78, 5) is 18.7. The van der Waals surface area contributed by atoms with Gasteiger partial charge in [0.1, 0.15) is 0 Å². The van der Waals surface area contributed by atoms with Gasteiger partial charge in [0, 0.05) is 50.9 Å². The van der Waals surface area contributed by atoms with Gasteiger partial charge in [0.2, 0.25) is 5.91 Å². The first kappa shape index (κ1) is 16.4. The molecule has 0 aliphatic carbocycles. The number of nitrogens with zero attached hydrogens (tertiary/aromatic N) is 3. The molecular formula is C18H26ClN3O. The monoisotopic (exact) mass is 335 g/mol. The molecule has 0 atom stereocenters. The Hall–Kier alpha value is -1.42. The fraction of sp³-hybridized carbons (Fsp3) is 0.611. The molecule has 23 heavy (non-hydrogen) atoms. The van der Waals surface area contributed by atoms with Crippen molar-refractivity contribution in [3.05, 3.63) is 23.2 Å². The summed E-state index contributed by atoms with van der Waals surface area (Å²) >= 11 is 6.54. The molecule has 0 N–H and O–H groups in total. The lowest BCUT2D eigenvalue weighted by Gasteiger charge is -2.37. The first-order valence-corrected chi connectivity index (χ1v) is 9.02. The topological polar surface area (TPSA) is 26.8 Å². The van der Waals surface area contributed by atoms with E-state index < -0.39 is 0 Å². The zero-order valence-electron chi connectivity index (χ0n) is 14.1. The van der Waals surface area contributed by atoms with Gasteiger partial charge in [-0.3, -0.25) is 4.79 Å². The molecule has 0 saturated carbocycles. The fourth-order valence-electron chi connectivity index (χ4n) is 3.46. The number of carbonyl (C=O) groups is 1. The average Bonchev–Trinajstić information content (AvgIpc) is 3.08. The maximum absolute atomic E-state index is 12.1. The van der Waals surface area contributed by atoms with E-state index >= 15 is 0 Å². The Bertz CT molecular complexity index is 561. The van der Waals surface area contributed by atoms with Crippen molar-refractivity contribution in [3.63, 3.8) is 0 Å². The van der Waals surface area contributed by atoms with Crippen molar-refractivity contribution in [2.45, 2.75) is 26.7 Å². The number of amides is 1. The standard InChI is InChI=1S/C18H26ClN3O/c1-14(2)18(23)22-11-9-21(10-12-22)17-6-5-15(13-16(17)19)20-7-3-4-8-20/h5-6,13-14H,3-4,7-12H2,1-2H3. The van der Waals surface area contributed by atoms with Crippen LogP contribution in [-0.4, -0.2) is 50.1 Å². The molecule has 2 fully saturated rings. The van der Waals surface area contributed by atoms with Crippen LogP contribution in [0, 0.1) is 5.92 Å². The Morgan fingerprint density at radius 3 is 2.22 bits per heavy atom. The number of piperazine rings is 1. The van der Waals surface area contributed by atoms with E-state index in [1.165, 1.54) is 18.5 Å². The summed E-state index contributed by atoms with van der Waals surface area (Å²) in [5.74, 6) is 0.324. The van der Waals surface area contributed by atoms with Crippen molar-refractivity contribution in [1.29, 1.82) is 0 Å². The van der Waals surface area contributed by atoms with Crippen LogP contribution in [-0.2, 0) is 4.79 Å². The molecular weight excluding hydrogens is 310 g/mol. The van der Waals surface area contributed by atoms with Crippen LogP contribution >= 0.6 is 11.6 Å². The summed E-state index contributed by atoms with van der Waals surface area (Å²) in [5, 5.41) is 0.818. The summed E-state index contributed by atoms with van der Waals surface area (Å²) in [5.41, 5.74) is 2.32. The zero-order valence-corrected chi connectivity index (χ0v) is 14.9. The highest BCUT2D eigenvalue weighted by atomic mass is 35.5. The number of hydrogen-bond acceptors (Lipinski definition) is 3. The maximum atomic E-state index is 12.1. The van der Waals surface area contributed by atoms with Crippen molar-refractivity contribution in [2.75, 3.05) is 49.1 Å².